The number of hydrogen-bond acceptors (Lipinski definition) is 4. The van der Waals surface area contributed by atoms with E-state index in [-0.39, 0.29) is 24.8 Å². The predicted molar refractivity (Wildman–Crippen MR) is 94.9 cm³/mol. The number of benzene rings is 1. The molecule has 1 rings (SSSR count). The molecule has 0 amide bonds. The molecule has 0 N–H and O–H groups in total. The van der Waals surface area contributed by atoms with Crippen molar-refractivity contribution in [3.8, 4) is 5.75 Å². The van der Waals surface area contributed by atoms with E-state index in [1.165, 1.54) is 6.42 Å². The Hall–Kier alpha value is -1.84. The van der Waals surface area contributed by atoms with Crippen molar-refractivity contribution < 1.29 is 19.1 Å². The summed E-state index contributed by atoms with van der Waals surface area (Å²) in [5, 5.41) is 0. The van der Waals surface area contributed by atoms with E-state index in [1.54, 1.807) is 6.07 Å². The molecule has 134 valence electrons. The quantitative estimate of drug-likeness (QED) is 0.429. The summed E-state index contributed by atoms with van der Waals surface area (Å²) in [6, 6.07) is 7.38. The lowest BCUT2D eigenvalue weighted by atomic mass is 10.0. The van der Waals surface area contributed by atoms with Crippen molar-refractivity contribution in [2.45, 2.75) is 65.7 Å². The molecule has 1 unspecified atom stereocenters. The Balaban J connectivity index is 2.20. The predicted octanol–water partition coefficient (Wildman–Crippen LogP) is 4.83. The monoisotopic (exact) mass is 334 g/mol. The average Bonchev–Trinajstić information content (AvgIpc) is 2.57. The van der Waals surface area contributed by atoms with E-state index < -0.39 is 0 Å². The van der Waals surface area contributed by atoms with Gasteiger partial charge in [-0.05, 0) is 37.3 Å². The van der Waals surface area contributed by atoms with Crippen molar-refractivity contribution >= 4 is 11.9 Å². The highest BCUT2D eigenvalue weighted by atomic mass is 16.5. The zero-order valence-electron chi connectivity index (χ0n) is 15.2. The smallest absolute Gasteiger partial charge is 0.311 e. The first-order valence-corrected chi connectivity index (χ1v) is 8.98. The maximum absolute atomic E-state index is 11.8. The van der Waals surface area contributed by atoms with Crippen molar-refractivity contribution in [2.75, 3.05) is 6.61 Å². The van der Waals surface area contributed by atoms with Crippen LogP contribution in [0.15, 0.2) is 24.3 Å². The number of esters is 2. The van der Waals surface area contributed by atoms with Crippen molar-refractivity contribution in [3.05, 3.63) is 29.8 Å². The van der Waals surface area contributed by atoms with Gasteiger partial charge < -0.3 is 9.47 Å². The molecular formula is C20H30O4. The Morgan fingerprint density at radius 2 is 1.75 bits per heavy atom. The molecule has 0 fully saturated rings. The minimum Gasteiger partial charge on any atom is -0.465 e. The van der Waals surface area contributed by atoms with Gasteiger partial charge in [-0.25, -0.2) is 0 Å². The Kier molecular flexibility index (Phi) is 9.81. The van der Waals surface area contributed by atoms with Crippen LogP contribution in [0.4, 0.5) is 0 Å². The molecule has 0 aromatic heterocycles. The zero-order valence-corrected chi connectivity index (χ0v) is 15.2. The molecule has 0 spiro atoms. The fourth-order valence-electron chi connectivity index (χ4n) is 2.40. The molecule has 0 aliphatic heterocycles. The number of hydrogen-bond donors (Lipinski definition) is 0. The number of aryl methyl sites for hydroxylation is 1. The third kappa shape index (κ3) is 8.14. The van der Waals surface area contributed by atoms with Crippen LogP contribution in [0, 0.1) is 12.8 Å². The maximum Gasteiger partial charge on any atom is 0.311 e. The molecule has 0 bridgehead atoms. The number of carbonyl (C=O) groups is 2. The lowest BCUT2D eigenvalue weighted by Crippen LogP contribution is -2.14. The SMILES string of the molecule is CCCCC(CC)COC(=O)CCCC(=O)Oc1ccccc1C. The summed E-state index contributed by atoms with van der Waals surface area (Å²) in [6.45, 7) is 6.66. The number of ether oxygens (including phenoxy) is 2. The number of para-hydroxylation sites is 1. The first-order chi connectivity index (χ1) is 11.6. The van der Waals surface area contributed by atoms with Gasteiger partial charge in [-0.1, -0.05) is 51.3 Å². The van der Waals surface area contributed by atoms with Crippen LogP contribution in [-0.4, -0.2) is 18.5 Å². The lowest BCUT2D eigenvalue weighted by molar-refractivity contribution is -0.145. The summed E-state index contributed by atoms with van der Waals surface area (Å²) < 4.78 is 10.6. The van der Waals surface area contributed by atoms with Crippen LogP contribution in [0.2, 0.25) is 0 Å². The van der Waals surface area contributed by atoms with Crippen molar-refractivity contribution in [1.82, 2.24) is 0 Å². The Bertz CT molecular complexity index is 510. The van der Waals surface area contributed by atoms with E-state index in [9.17, 15) is 9.59 Å². The molecule has 0 aliphatic rings. The third-order valence-corrected chi connectivity index (χ3v) is 4.10. The molecular weight excluding hydrogens is 304 g/mol. The van der Waals surface area contributed by atoms with Gasteiger partial charge in [0.1, 0.15) is 5.75 Å². The van der Waals surface area contributed by atoms with Crippen LogP contribution < -0.4 is 4.74 Å². The van der Waals surface area contributed by atoms with Crippen molar-refractivity contribution in [3.63, 3.8) is 0 Å². The Morgan fingerprint density at radius 1 is 1.04 bits per heavy atom. The molecule has 0 saturated carbocycles. The summed E-state index contributed by atoms with van der Waals surface area (Å²) >= 11 is 0. The Morgan fingerprint density at radius 3 is 2.42 bits per heavy atom. The summed E-state index contributed by atoms with van der Waals surface area (Å²) in [4.78, 5) is 23.6. The van der Waals surface area contributed by atoms with Gasteiger partial charge in [0, 0.05) is 12.8 Å². The van der Waals surface area contributed by atoms with Crippen molar-refractivity contribution in [1.29, 1.82) is 0 Å². The number of rotatable bonds is 11. The third-order valence-electron chi connectivity index (χ3n) is 4.10. The topological polar surface area (TPSA) is 52.6 Å². The van der Waals surface area contributed by atoms with Crippen LogP contribution in [-0.2, 0) is 14.3 Å². The number of carbonyl (C=O) groups excluding carboxylic acids is 2. The van der Waals surface area contributed by atoms with E-state index >= 15 is 0 Å². The maximum atomic E-state index is 11.8. The van der Waals surface area contributed by atoms with Crippen LogP contribution in [0.5, 0.6) is 5.75 Å². The van der Waals surface area contributed by atoms with Crippen LogP contribution >= 0.6 is 0 Å². The standard InChI is InChI=1S/C20H30O4/c1-4-6-11-17(5-2)15-23-19(21)13-9-14-20(22)24-18-12-8-7-10-16(18)3/h7-8,10,12,17H,4-6,9,11,13-15H2,1-3H3. The average molecular weight is 334 g/mol. The molecule has 0 saturated heterocycles. The fourth-order valence-corrected chi connectivity index (χ4v) is 2.40. The number of unbranched alkanes of at least 4 members (excludes halogenated alkanes) is 1. The van der Waals surface area contributed by atoms with Gasteiger partial charge in [-0.2, -0.15) is 0 Å². The first kappa shape index (κ1) is 20.2. The summed E-state index contributed by atoms with van der Waals surface area (Å²) in [7, 11) is 0. The molecule has 24 heavy (non-hydrogen) atoms. The molecule has 4 heteroatoms. The van der Waals surface area contributed by atoms with Gasteiger partial charge in [0.05, 0.1) is 6.61 Å². The van der Waals surface area contributed by atoms with E-state index in [0.29, 0.717) is 24.7 Å². The second-order valence-electron chi connectivity index (χ2n) is 6.19. The highest BCUT2D eigenvalue weighted by Gasteiger charge is 2.12. The minimum atomic E-state index is -0.313. The zero-order chi connectivity index (χ0) is 17.8. The summed E-state index contributed by atoms with van der Waals surface area (Å²) in [5.41, 5.74) is 0.919. The molecule has 0 radical (unpaired) electrons. The van der Waals surface area contributed by atoms with Gasteiger partial charge >= 0.3 is 11.9 Å². The molecule has 1 aromatic carbocycles. The molecule has 0 aliphatic carbocycles. The van der Waals surface area contributed by atoms with Gasteiger partial charge in [0.15, 0.2) is 0 Å². The second-order valence-corrected chi connectivity index (χ2v) is 6.19. The van der Waals surface area contributed by atoms with Crippen molar-refractivity contribution in [2.24, 2.45) is 5.92 Å². The molecule has 1 atom stereocenters. The summed E-state index contributed by atoms with van der Waals surface area (Å²) in [5.74, 6) is 0.479. The van der Waals surface area contributed by atoms with Gasteiger partial charge in [-0.15, -0.1) is 0 Å². The molecule has 0 heterocycles. The highest BCUT2D eigenvalue weighted by Crippen LogP contribution is 2.17. The second kappa shape index (κ2) is 11.7. The van der Waals surface area contributed by atoms with E-state index in [4.69, 9.17) is 9.47 Å². The highest BCUT2D eigenvalue weighted by molar-refractivity contribution is 5.74. The van der Waals surface area contributed by atoms with E-state index in [0.717, 1.165) is 24.8 Å². The first-order valence-electron chi connectivity index (χ1n) is 8.98. The molecule has 4 nitrogen and oxygen atoms in total. The fraction of sp³-hybridized carbons (Fsp3) is 0.600. The Labute approximate surface area is 145 Å². The van der Waals surface area contributed by atoms with Gasteiger partial charge in [0.2, 0.25) is 0 Å². The normalized spacial score (nSPS) is 11.8. The van der Waals surface area contributed by atoms with E-state index in [1.807, 2.05) is 25.1 Å². The van der Waals surface area contributed by atoms with E-state index in [2.05, 4.69) is 13.8 Å². The summed E-state index contributed by atoms with van der Waals surface area (Å²) in [6.07, 6.45) is 5.38. The van der Waals surface area contributed by atoms with Crippen LogP contribution in [0.25, 0.3) is 0 Å². The van der Waals surface area contributed by atoms with Crippen LogP contribution in [0.1, 0.15) is 64.4 Å². The van der Waals surface area contributed by atoms with Gasteiger partial charge in [-0.3, -0.25) is 9.59 Å². The van der Waals surface area contributed by atoms with Crippen LogP contribution in [0.3, 0.4) is 0 Å². The van der Waals surface area contributed by atoms with Gasteiger partial charge in [0.25, 0.3) is 0 Å². The lowest BCUT2D eigenvalue weighted by Gasteiger charge is -2.14. The largest absolute Gasteiger partial charge is 0.465 e. The minimum absolute atomic E-state index is 0.219. The molecule has 1 aromatic rings.